The first-order valence-corrected chi connectivity index (χ1v) is 7.10. The van der Waals surface area contributed by atoms with Gasteiger partial charge in [0.25, 0.3) is 5.56 Å². The molecule has 9 heteroatoms. The van der Waals surface area contributed by atoms with Crippen molar-refractivity contribution in [2.24, 2.45) is 0 Å². The molecule has 25 heavy (non-hydrogen) atoms. The van der Waals surface area contributed by atoms with E-state index in [2.05, 4.69) is 14.7 Å². The zero-order valence-electron chi connectivity index (χ0n) is 12.9. The Morgan fingerprint density at radius 1 is 1.36 bits per heavy atom. The number of fused-ring (bicyclic) bond motifs is 1. The van der Waals surface area contributed by atoms with Gasteiger partial charge in [0, 0.05) is 6.07 Å². The third kappa shape index (κ3) is 3.49. The number of Topliss-reactive ketones (excluding diaryl/α,β-unsaturated/α-hetero) is 1. The number of hydrogen-bond donors (Lipinski definition) is 1. The van der Waals surface area contributed by atoms with Crippen molar-refractivity contribution in [1.82, 2.24) is 9.97 Å². The number of ketones is 1. The summed E-state index contributed by atoms with van der Waals surface area (Å²) in [6, 6.07) is 5.46. The van der Waals surface area contributed by atoms with Gasteiger partial charge in [-0.2, -0.15) is 8.78 Å². The van der Waals surface area contributed by atoms with Crippen LogP contribution in [0.2, 0.25) is 0 Å². The van der Waals surface area contributed by atoms with Crippen LogP contribution in [0.25, 0.3) is 10.9 Å². The number of ether oxygens (including phenoxy) is 2. The van der Waals surface area contributed by atoms with E-state index >= 15 is 0 Å². The molecular formula is C16H12F2N2O5. The molecule has 3 aromatic rings. The van der Waals surface area contributed by atoms with Gasteiger partial charge in [-0.15, -0.1) is 0 Å². The molecule has 130 valence electrons. The van der Waals surface area contributed by atoms with Crippen molar-refractivity contribution >= 4 is 16.7 Å². The smallest absolute Gasteiger partial charge is 0.387 e. The van der Waals surface area contributed by atoms with Gasteiger partial charge in [-0.05, 0) is 18.2 Å². The van der Waals surface area contributed by atoms with Crippen LogP contribution in [0.4, 0.5) is 8.78 Å². The fourth-order valence-corrected chi connectivity index (χ4v) is 2.30. The Kier molecular flexibility index (Phi) is 4.46. The van der Waals surface area contributed by atoms with Crippen LogP contribution in [0.15, 0.2) is 39.7 Å². The second-order valence-corrected chi connectivity index (χ2v) is 4.99. The number of nitrogens with one attached hydrogen (secondary N) is 1. The maximum Gasteiger partial charge on any atom is 0.387 e. The molecule has 0 radical (unpaired) electrons. The van der Waals surface area contributed by atoms with Gasteiger partial charge < -0.3 is 18.9 Å². The predicted molar refractivity (Wildman–Crippen MR) is 82.3 cm³/mol. The molecule has 0 aliphatic heterocycles. The first-order chi connectivity index (χ1) is 12.0. The maximum atomic E-state index is 12.5. The van der Waals surface area contributed by atoms with Crippen molar-refractivity contribution in [2.75, 3.05) is 7.11 Å². The topological polar surface area (TPSA) is 94.4 Å². The summed E-state index contributed by atoms with van der Waals surface area (Å²) in [5, 5.41) is 0.118. The molecule has 2 heterocycles. The number of benzene rings is 1. The van der Waals surface area contributed by atoms with Crippen LogP contribution < -0.4 is 15.0 Å². The summed E-state index contributed by atoms with van der Waals surface area (Å²) in [6.07, 6.45) is 1.14. The van der Waals surface area contributed by atoms with E-state index in [9.17, 15) is 18.4 Å². The number of rotatable bonds is 6. The molecule has 7 nitrogen and oxygen atoms in total. The lowest BCUT2D eigenvalue weighted by atomic mass is 10.2. The Morgan fingerprint density at radius 3 is 2.80 bits per heavy atom. The van der Waals surface area contributed by atoms with Crippen LogP contribution in [0.5, 0.6) is 11.5 Å². The van der Waals surface area contributed by atoms with Crippen LogP contribution in [-0.2, 0) is 6.42 Å². The number of alkyl halides is 2. The number of methoxy groups -OCH3 is 1. The molecule has 0 unspecified atom stereocenters. The number of halogens is 2. The molecule has 0 spiro atoms. The van der Waals surface area contributed by atoms with E-state index in [1.807, 2.05) is 0 Å². The first-order valence-electron chi connectivity index (χ1n) is 7.10. The number of aromatic nitrogens is 2. The van der Waals surface area contributed by atoms with E-state index in [-0.39, 0.29) is 46.2 Å². The van der Waals surface area contributed by atoms with Gasteiger partial charge in [-0.3, -0.25) is 9.59 Å². The minimum absolute atomic E-state index is 0.0282. The summed E-state index contributed by atoms with van der Waals surface area (Å²) in [5.74, 6) is -0.470. The van der Waals surface area contributed by atoms with Crippen molar-refractivity contribution in [3.63, 3.8) is 0 Å². The summed E-state index contributed by atoms with van der Waals surface area (Å²) < 4.78 is 39.3. The Hall–Kier alpha value is -3.23. The highest BCUT2D eigenvalue weighted by molar-refractivity contribution is 5.94. The van der Waals surface area contributed by atoms with E-state index in [1.165, 1.54) is 25.5 Å². The SMILES string of the molecule is COc1cc2c(=O)[nH]c(CC(=O)c3ccco3)nc2cc1OC(F)F. The third-order valence-corrected chi connectivity index (χ3v) is 3.38. The molecule has 3 rings (SSSR count). The lowest BCUT2D eigenvalue weighted by molar-refractivity contribution is -0.0511. The number of aromatic amines is 1. The molecule has 2 aromatic heterocycles. The normalized spacial score (nSPS) is 11.0. The van der Waals surface area contributed by atoms with Gasteiger partial charge in [-0.1, -0.05) is 0 Å². The van der Waals surface area contributed by atoms with Crippen molar-refractivity contribution in [3.05, 3.63) is 52.5 Å². The number of furan rings is 1. The molecule has 0 aliphatic rings. The Balaban J connectivity index is 2.02. The van der Waals surface area contributed by atoms with Crippen LogP contribution in [0, 0.1) is 0 Å². The Bertz CT molecular complexity index is 967. The zero-order chi connectivity index (χ0) is 18.0. The monoisotopic (exact) mass is 350 g/mol. The van der Waals surface area contributed by atoms with E-state index in [0.29, 0.717) is 0 Å². The second-order valence-electron chi connectivity index (χ2n) is 4.99. The zero-order valence-corrected chi connectivity index (χ0v) is 12.9. The molecule has 1 aromatic carbocycles. The lowest BCUT2D eigenvalue weighted by Gasteiger charge is -2.11. The van der Waals surface area contributed by atoms with Gasteiger partial charge >= 0.3 is 6.61 Å². The van der Waals surface area contributed by atoms with Crippen molar-refractivity contribution in [3.8, 4) is 11.5 Å². The highest BCUT2D eigenvalue weighted by Gasteiger charge is 2.17. The summed E-state index contributed by atoms with van der Waals surface area (Å²) in [6.45, 7) is -3.06. The first kappa shape index (κ1) is 16.6. The van der Waals surface area contributed by atoms with Crippen molar-refractivity contribution < 1.29 is 27.5 Å². The molecule has 0 atom stereocenters. The average molecular weight is 350 g/mol. The molecule has 0 fully saturated rings. The van der Waals surface area contributed by atoms with E-state index in [1.54, 1.807) is 6.07 Å². The van der Waals surface area contributed by atoms with Gasteiger partial charge in [0.2, 0.25) is 5.78 Å². The fraction of sp³-hybridized carbons (Fsp3) is 0.188. The van der Waals surface area contributed by atoms with Gasteiger partial charge in [0.1, 0.15) is 5.82 Å². The number of nitrogens with zero attached hydrogens (tertiary/aromatic N) is 1. The highest BCUT2D eigenvalue weighted by atomic mass is 19.3. The average Bonchev–Trinajstić information content (AvgIpc) is 3.08. The summed E-state index contributed by atoms with van der Waals surface area (Å²) >= 11 is 0. The van der Waals surface area contributed by atoms with E-state index in [4.69, 9.17) is 9.15 Å². The Labute approximate surface area is 139 Å². The van der Waals surface area contributed by atoms with E-state index < -0.39 is 12.2 Å². The summed E-state index contributed by atoms with van der Waals surface area (Å²) in [5.41, 5.74) is -0.434. The molecule has 0 amide bonds. The van der Waals surface area contributed by atoms with Crippen LogP contribution >= 0.6 is 0 Å². The molecular weight excluding hydrogens is 338 g/mol. The van der Waals surface area contributed by atoms with Crippen LogP contribution in [0.1, 0.15) is 16.4 Å². The van der Waals surface area contributed by atoms with Crippen molar-refractivity contribution in [1.29, 1.82) is 0 Å². The van der Waals surface area contributed by atoms with Gasteiger partial charge in [-0.25, -0.2) is 4.98 Å². The van der Waals surface area contributed by atoms with E-state index in [0.717, 1.165) is 6.07 Å². The molecule has 1 N–H and O–H groups in total. The summed E-state index contributed by atoms with van der Waals surface area (Å²) in [4.78, 5) is 30.8. The van der Waals surface area contributed by atoms with Gasteiger partial charge in [0.15, 0.2) is 17.3 Å². The standard InChI is InChI=1S/C16H12F2N2O5/c1-23-12-5-8-9(6-13(12)25-16(17)18)19-14(20-15(8)22)7-10(21)11-3-2-4-24-11/h2-6,16H,7H2,1H3,(H,19,20,22). The fourth-order valence-electron chi connectivity index (χ4n) is 2.30. The minimum atomic E-state index is -3.06. The lowest BCUT2D eigenvalue weighted by Crippen LogP contribution is -2.15. The third-order valence-electron chi connectivity index (χ3n) is 3.38. The number of H-pyrrole nitrogens is 1. The number of carbonyl (C=O) groups excluding carboxylic acids is 1. The second kappa shape index (κ2) is 6.71. The maximum absolute atomic E-state index is 12.5. The number of hydrogen-bond acceptors (Lipinski definition) is 6. The van der Waals surface area contributed by atoms with Gasteiger partial charge in [0.05, 0.1) is 30.7 Å². The Morgan fingerprint density at radius 2 is 2.16 bits per heavy atom. The molecule has 0 saturated carbocycles. The quantitative estimate of drug-likeness (QED) is 0.687. The molecule has 0 aliphatic carbocycles. The largest absolute Gasteiger partial charge is 0.493 e. The molecule has 0 bridgehead atoms. The van der Waals surface area contributed by atoms with Crippen LogP contribution in [0.3, 0.4) is 0 Å². The highest BCUT2D eigenvalue weighted by Crippen LogP contribution is 2.31. The van der Waals surface area contributed by atoms with Crippen molar-refractivity contribution in [2.45, 2.75) is 13.0 Å². The summed E-state index contributed by atoms with van der Waals surface area (Å²) in [7, 11) is 1.26. The predicted octanol–water partition coefficient (Wildman–Crippen LogP) is 2.55. The minimum Gasteiger partial charge on any atom is -0.493 e. The molecule has 0 saturated heterocycles. The van der Waals surface area contributed by atoms with Crippen LogP contribution in [-0.4, -0.2) is 29.5 Å². The number of carbonyl (C=O) groups is 1.